The van der Waals surface area contributed by atoms with Crippen molar-refractivity contribution in [2.45, 2.75) is 101 Å². The Hall–Kier alpha value is -2.87. The van der Waals surface area contributed by atoms with Crippen molar-refractivity contribution in [3.8, 4) is 10.4 Å². The number of alkyl halides is 5. The minimum absolute atomic E-state index is 0.000913. The van der Waals surface area contributed by atoms with Gasteiger partial charge in [-0.05, 0) is 63.4 Å². The first kappa shape index (κ1) is 29.6. The molecule has 8 nitrogen and oxygen atoms in total. The molecule has 2 amide bonds. The Morgan fingerprint density at radius 2 is 1.66 bits per heavy atom. The highest BCUT2D eigenvalue weighted by Gasteiger charge is 2.49. The third kappa shape index (κ3) is 6.47. The third-order valence-electron chi connectivity index (χ3n) is 8.22. The monoisotopic (exact) mass is 601 g/mol. The summed E-state index contributed by atoms with van der Waals surface area (Å²) in [5.74, 6) is -2.36. The highest BCUT2D eigenvalue weighted by molar-refractivity contribution is 7.17. The number of carbonyl (C=O) groups is 2. The van der Waals surface area contributed by atoms with Crippen LogP contribution in [0.15, 0.2) is 12.3 Å². The Morgan fingerprint density at radius 1 is 1.05 bits per heavy atom. The zero-order valence-corrected chi connectivity index (χ0v) is 23.0. The van der Waals surface area contributed by atoms with Gasteiger partial charge in [0.1, 0.15) is 17.6 Å². The Bertz CT molecular complexity index is 1260. The van der Waals surface area contributed by atoms with Crippen molar-refractivity contribution >= 4 is 29.0 Å². The van der Waals surface area contributed by atoms with Crippen LogP contribution in [0.4, 0.5) is 27.8 Å². The van der Waals surface area contributed by atoms with Crippen LogP contribution in [0.3, 0.4) is 0 Å². The smallest absolute Gasteiger partial charge is 0.393 e. The number of rotatable bonds is 7. The molecule has 2 aromatic heterocycles. The van der Waals surface area contributed by atoms with E-state index in [-0.39, 0.29) is 45.1 Å². The van der Waals surface area contributed by atoms with Crippen LogP contribution in [0.1, 0.15) is 96.5 Å². The highest BCUT2D eigenvalue weighted by Crippen LogP contribution is 2.44. The van der Waals surface area contributed by atoms with E-state index < -0.39 is 41.9 Å². The van der Waals surface area contributed by atoms with E-state index in [0.29, 0.717) is 24.2 Å². The molecule has 4 heterocycles. The Kier molecular flexibility index (Phi) is 8.51. The van der Waals surface area contributed by atoms with Gasteiger partial charge in [0.25, 0.3) is 18.2 Å². The van der Waals surface area contributed by atoms with Gasteiger partial charge >= 0.3 is 6.18 Å². The third-order valence-corrected chi connectivity index (χ3v) is 9.32. The number of thiazole rings is 1. The van der Waals surface area contributed by atoms with Crippen LogP contribution in [-0.4, -0.2) is 62.2 Å². The molecule has 6 rings (SSSR count). The molecule has 41 heavy (non-hydrogen) atoms. The number of aliphatic hydroxyl groups is 1. The lowest BCUT2D eigenvalue weighted by Crippen LogP contribution is -2.38. The molecule has 2 aliphatic carbocycles. The van der Waals surface area contributed by atoms with Crippen LogP contribution in [0.25, 0.3) is 10.4 Å². The van der Waals surface area contributed by atoms with Crippen molar-refractivity contribution in [2.75, 3.05) is 5.32 Å². The molecule has 4 N–H and O–H groups in total. The number of hydrogen-bond acceptors (Lipinski definition) is 7. The fraction of sp³-hybridized carbons (Fsp3) is 0.630. The number of pyridine rings is 1. The van der Waals surface area contributed by atoms with Gasteiger partial charge in [0.2, 0.25) is 0 Å². The second-order valence-corrected chi connectivity index (χ2v) is 12.1. The number of nitrogens with zero attached hydrogens (tertiary/aromatic N) is 3. The molecule has 14 heteroatoms. The number of fused-ring (bicyclic) bond motifs is 2. The van der Waals surface area contributed by atoms with Crippen molar-refractivity contribution in [2.24, 2.45) is 11.7 Å². The molecular weight excluding hydrogens is 569 g/mol. The SMILES string of the molecule is NC(=O)c1nc(C(=O)N2C3CCC2CC3)c(-c2cnc(NC(C3CC3)C(F)(F)F)cc2C(F)F)s1.OC1CCCC1. The van der Waals surface area contributed by atoms with Crippen molar-refractivity contribution < 1.29 is 36.6 Å². The van der Waals surface area contributed by atoms with Gasteiger partial charge in [-0.15, -0.1) is 11.3 Å². The van der Waals surface area contributed by atoms with Gasteiger partial charge in [0.15, 0.2) is 5.01 Å². The lowest BCUT2D eigenvalue weighted by molar-refractivity contribution is -0.146. The van der Waals surface area contributed by atoms with E-state index in [0.717, 1.165) is 50.8 Å². The quantitative estimate of drug-likeness (QED) is 0.351. The summed E-state index contributed by atoms with van der Waals surface area (Å²) in [7, 11) is 0. The average Bonchev–Trinajstić information content (AvgIpc) is 3.29. The predicted molar refractivity (Wildman–Crippen MR) is 142 cm³/mol. The van der Waals surface area contributed by atoms with Gasteiger partial charge in [0, 0.05) is 29.4 Å². The maximum Gasteiger partial charge on any atom is 0.408 e. The van der Waals surface area contributed by atoms with Crippen molar-refractivity contribution in [1.29, 1.82) is 0 Å². The number of carbonyl (C=O) groups excluding carboxylic acids is 2. The van der Waals surface area contributed by atoms with Gasteiger partial charge in [-0.3, -0.25) is 9.59 Å². The van der Waals surface area contributed by atoms with Crippen LogP contribution in [0.2, 0.25) is 0 Å². The largest absolute Gasteiger partial charge is 0.408 e. The number of hydrogen-bond donors (Lipinski definition) is 3. The van der Waals surface area contributed by atoms with Crippen molar-refractivity contribution in [3.63, 3.8) is 0 Å². The molecule has 0 spiro atoms. The summed E-state index contributed by atoms with van der Waals surface area (Å²) in [5.41, 5.74) is 4.40. The minimum Gasteiger partial charge on any atom is -0.393 e. The molecule has 2 saturated heterocycles. The van der Waals surface area contributed by atoms with Gasteiger partial charge < -0.3 is 21.1 Å². The lowest BCUT2D eigenvalue weighted by atomic mass is 10.0. The molecule has 2 saturated carbocycles. The van der Waals surface area contributed by atoms with Crippen LogP contribution in [-0.2, 0) is 0 Å². The zero-order valence-electron chi connectivity index (χ0n) is 22.2. The molecular formula is C27H32F5N5O3S. The number of nitrogens with two attached hydrogens (primary N) is 1. The summed E-state index contributed by atoms with van der Waals surface area (Å²) in [4.78, 5) is 34.9. The molecule has 1 atom stereocenters. The first-order valence-corrected chi connectivity index (χ1v) is 14.7. The molecule has 0 radical (unpaired) electrons. The fourth-order valence-electron chi connectivity index (χ4n) is 6.00. The van der Waals surface area contributed by atoms with Crippen LogP contribution in [0.5, 0.6) is 0 Å². The Labute approximate surface area is 237 Å². The van der Waals surface area contributed by atoms with E-state index in [2.05, 4.69) is 15.3 Å². The van der Waals surface area contributed by atoms with Gasteiger partial charge in [0.05, 0.1) is 11.0 Å². The predicted octanol–water partition coefficient (Wildman–Crippen LogP) is 5.68. The molecule has 0 aromatic carbocycles. The first-order chi connectivity index (χ1) is 19.4. The van der Waals surface area contributed by atoms with Gasteiger partial charge in [-0.25, -0.2) is 18.7 Å². The van der Waals surface area contributed by atoms with E-state index in [1.54, 1.807) is 4.90 Å². The van der Waals surface area contributed by atoms with E-state index in [4.69, 9.17) is 10.8 Å². The van der Waals surface area contributed by atoms with Crippen LogP contribution in [0, 0.1) is 5.92 Å². The van der Waals surface area contributed by atoms with Gasteiger partial charge in [-0.1, -0.05) is 12.8 Å². The van der Waals surface area contributed by atoms with E-state index in [1.807, 2.05) is 0 Å². The number of amides is 2. The molecule has 224 valence electrons. The standard InChI is InChI=1S/C22H22F5N5O2S.C5H10O/c23-18(24)12-7-14(30-17(9-1-2-9)22(25,26)27)29-8-13(12)16-15(31-20(35-16)19(28)33)21(34)32-10-3-4-11(32)6-5-10;6-5-3-1-2-4-5/h7-11,17-18H,1-6H2,(H2,28,33)(H,29,30);5-6H,1-4H2. The number of anilines is 1. The summed E-state index contributed by atoms with van der Waals surface area (Å²) in [6.45, 7) is 0. The number of aliphatic hydroxyl groups excluding tert-OH is 1. The highest BCUT2D eigenvalue weighted by atomic mass is 32.1. The average molecular weight is 602 g/mol. The Morgan fingerprint density at radius 3 is 2.12 bits per heavy atom. The molecule has 4 aliphatic rings. The fourth-order valence-corrected chi connectivity index (χ4v) is 6.94. The maximum atomic E-state index is 14.1. The number of aromatic nitrogens is 2. The molecule has 2 bridgehead atoms. The maximum absolute atomic E-state index is 14.1. The summed E-state index contributed by atoms with van der Waals surface area (Å²) in [6.07, 6.45) is 2.08. The summed E-state index contributed by atoms with van der Waals surface area (Å²) in [6, 6.07) is -0.974. The van der Waals surface area contributed by atoms with E-state index >= 15 is 0 Å². The number of primary amides is 1. The molecule has 1 unspecified atom stereocenters. The lowest BCUT2D eigenvalue weighted by Gasteiger charge is -2.23. The second-order valence-electron chi connectivity index (χ2n) is 11.1. The Balaban J connectivity index is 0.000000500. The topological polar surface area (TPSA) is 121 Å². The summed E-state index contributed by atoms with van der Waals surface area (Å²) < 4.78 is 68.4. The van der Waals surface area contributed by atoms with Crippen molar-refractivity contribution in [1.82, 2.24) is 14.9 Å². The molecule has 4 fully saturated rings. The van der Waals surface area contributed by atoms with Crippen LogP contribution < -0.4 is 11.1 Å². The van der Waals surface area contributed by atoms with Crippen molar-refractivity contribution in [3.05, 3.63) is 28.5 Å². The molecule has 2 aliphatic heterocycles. The number of nitrogens with one attached hydrogen (secondary N) is 1. The molecule has 2 aromatic rings. The first-order valence-electron chi connectivity index (χ1n) is 13.9. The van der Waals surface area contributed by atoms with E-state index in [1.165, 1.54) is 12.8 Å². The van der Waals surface area contributed by atoms with Gasteiger partial charge in [-0.2, -0.15) is 13.2 Å². The normalized spacial score (nSPS) is 23.0. The zero-order chi connectivity index (χ0) is 29.5. The minimum atomic E-state index is -4.56. The summed E-state index contributed by atoms with van der Waals surface area (Å²) >= 11 is 0.694. The number of halogens is 5. The second kappa shape index (κ2) is 11.8. The summed E-state index contributed by atoms with van der Waals surface area (Å²) in [5, 5.41) is 10.8. The van der Waals surface area contributed by atoms with E-state index in [9.17, 15) is 31.5 Å². The van der Waals surface area contributed by atoms with Crippen LogP contribution >= 0.6 is 11.3 Å².